The molecule has 2 aromatic rings. The Morgan fingerprint density at radius 1 is 1.15 bits per heavy atom. The molecule has 4 nitrogen and oxygen atoms in total. The highest BCUT2D eigenvalue weighted by Crippen LogP contribution is 2.21. The summed E-state index contributed by atoms with van der Waals surface area (Å²) < 4.78 is 5.06. The Labute approximate surface area is 162 Å². The van der Waals surface area contributed by atoms with Crippen molar-refractivity contribution in [2.75, 3.05) is 6.61 Å². The topological polar surface area (TPSA) is 55.4 Å². The second kappa shape index (κ2) is 10.00. The smallest absolute Gasteiger partial charge is 0.328 e. The van der Waals surface area contributed by atoms with Gasteiger partial charge in [0.15, 0.2) is 0 Å². The largest absolute Gasteiger partial charge is 0.464 e. The van der Waals surface area contributed by atoms with E-state index in [4.69, 9.17) is 27.9 Å². The van der Waals surface area contributed by atoms with E-state index in [1.165, 1.54) is 6.08 Å². The molecule has 0 bridgehead atoms. The van der Waals surface area contributed by atoms with Crippen molar-refractivity contribution in [2.45, 2.75) is 19.4 Å². The van der Waals surface area contributed by atoms with Gasteiger partial charge >= 0.3 is 5.97 Å². The third-order valence-corrected chi connectivity index (χ3v) is 4.11. The van der Waals surface area contributed by atoms with E-state index in [9.17, 15) is 9.59 Å². The molecule has 0 fully saturated rings. The number of hydrogen-bond donors (Lipinski definition) is 1. The lowest BCUT2D eigenvalue weighted by molar-refractivity contribution is -0.146. The van der Waals surface area contributed by atoms with Crippen molar-refractivity contribution in [3.8, 4) is 0 Å². The summed E-state index contributed by atoms with van der Waals surface area (Å²) in [6.07, 6.45) is 3.24. The molecule has 6 heteroatoms. The molecule has 2 aromatic carbocycles. The van der Waals surface area contributed by atoms with E-state index in [0.29, 0.717) is 22.0 Å². The van der Waals surface area contributed by atoms with Crippen LogP contribution < -0.4 is 5.32 Å². The number of ether oxygens (including phenoxy) is 1. The highest BCUT2D eigenvalue weighted by Gasteiger charge is 2.21. The first-order valence-electron chi connectivity index (χ1n) is 8.13. The van der Waals surface area contributed by atoms with E-state index >= 15 is 0 Å². The molecule has 0 radical (unpaired) electrons. The number of carbonyl (C=O) groups is 2. The van der Waals surface area contributed by atoms with Crippen molar-refractivity contribution in [2.24, 2.45) is 0 Å². The minimum absolute atomic E-state index is 0.246. The Balaban J connectivity index is 2.07. The lowest BCUT2D eigenvalue weighted by Crippen LogP contribution is -2.42. The number of halogens is 2. The maximum atomic E-state index is 12.2. The zero-order valence-electron chi connectivity index (χ0n) is 14.2. The zero-order chi connectivity index (χ0) is 18.9. The van der Waals surface area contributed by atoms with Gasteiger partial charge in [0.05, 0.1) is 6.61 Å². The molecule has 0 spiro atoms. The number of rotatable bonds is 7. The molecule has 0 unspecified atom stereocenters. The normalized spacial score (nSPS) is 12.0. The highest BCUT2D eigenvalue weighted by molar-refractivity contribution is 6.35. The van der Waals surface area contributed by atoms with Gasteiger partial charge in [0.2, 0.25) is 5.91 Å². The summed E-state index contributed by atoms with van der Waals surface area (Å²) in [6, 6.07) is 13.6. The quantitative estimate of drug-likeness (QED) is 0.565. The molecule has 0 aliphatic heterocycles. The van der Waals surface area contributed by atoms with Crippen LogP contribution >= 0.6 is 23.2 Å². The summed E-state index contributed by atoms with van der Waals surface area (Å²) in [7, 11) is 0. The molecule has 0 aliphatic rings. The number of esters is 1. The first-order valence-corrected chi connectivity index (χ1v) is 8.89. The average Bonchev–Trinajstić information content (AvgIpc) is 2.61. The van der Waals surface area contributed by atoms with Crippen molar-refractivity contribution >= 4 is 41.2 Å². The van der Waals surface area contributed by atoms with Gasteiger partial charge < -0.3 is 10.1 Å². The second-order valence-electron chi connectivity index (χ2n) is 5.50. The Bertz CT molecular complexity index is 791. The van der Waals surface area contributed by atoms with Crippen molar-refractivity contribution in [3.63, 3.8) is 0 Å². The van der Waals surface area contributed by atoms with Crippen LogP contribution in [0.15, 0.2) is 54.6 Å². The summed E-state index contributed by atoms with van der Waals surface area (Å²) in [6.45, 7) is 1.97. The first-order chi connectivity index (χ1) is 12.5. The molecule has 0 aromatic heterocycles. The van der Waals surface area contributed by atoms with Gasteiger partial charge in [-0.15, -0.1) is 0 Å². The summed E-state index contributed by atoms with van der Waals surface area (Å²) >= 11 is 11.9. The molecule has 1 amide bonds. The molecule has 0 saturated carbocycles. The van der Waals surface area contributed by atoms with Crippen molar-refractivity contribution < 1.29 is 14.3 Å². The molecule has 1 N–H and O–H groups in total. The Morgan fingerprint density at radius 2 is 1.88 bits per heavy atom. The number of carbonyl (C=O) groups excluding carboxylic acids is 2. The molecule has 26 heavy (non-hydrogen) atoms. The molecule has 0 aliphatic carbocycles. The molecular weight excluding hydrogens is 373 g/mol. The van der Waals surface area contributed by atoms with Crippen molar-refractivity contribution in [1.82, 2.24) is 5.32 Å². The fourth-order valence-electron chi connectivity index (χ4n) is 2.31. The fourth-order valence-corrected chi connectivity index (χ4v) is 2.78. The van der Waals surface area contributed by atoms with Gasteiger partial charge in [0.1, 0.15) is 6.04 Å². The number of amides is 1. The minimum atomic E-state index is -0.768. The summed E-state index contributed by atoms with van der Waals surface area (Å²) in [5.74, 6) is -0.882. The van der Waals surface area contributed by atoms with Crippen LogP contribution in [0.4, 0.5) is 0 Å². The highest BCUT2D eigenvalue weighted by atomic mass is 35.5. The van der Waals surface area contributed by atoms with Gasteiger partial charge in [-0.1, -0.05) is 59.6 Å². The predicted octanol–water partition coefficient (Wildman–Crippen LogP) is 4.30. The van der Waals surface area contributed by atoms with Crippen molar-refractivity contribution in [1.29, 1.82) is 0 Å². The maximum Gasteiger partial charge on any atom is 0.328 e. The van der Waals surface area contributed by atoms with E-state index < -0.39 is 17.9 Å². The van der Waals surface area contributed by atoms with Gasteiger partial charge in [-0.05, 0) is 36.3 Å². The molecule has 2 rings (SSSR count). The van der Waals surface area contributed by atoms with Crippen LogP contribution in [-0.4, -0.2) is 24.5 Å². The van der Waals surface area contributed by atoms with Gasteiger partial charge in [-0.25, -0.2) is 4.79 Å². The van der Waals surface area contributed by atoms with E-state index in [1.807, 2.05) is 30.3 Å². The Morgan fingerprint density at radius 3 is 2.54 bits per heavy atom. The van der Waals surface area contributed by atoms with Gasteiger partial charge in [0, 0.05) is 22.5 Å². The molecular formula is C20H19Cl2NO3. The van der Waals surface area contributed by atoms with Crippen LogP contribution in [0.3, 0.4) is 0 Å². The Hall–Kier alpha value is -2.30. The monoisotopic (exact) mass is 391 g/mol. The molecule has 0 saturated heterocycles. The fraction of sp³-hybridized carbons (Fsp3) is 0.200. The third kappa shape index (κ3) is 6.21. The zero-order valence-corrected chi connectivity index (χ0v) is 15.8. The van der Waals surface area contributed by atoms with Crippen LogP contribution in [0.5, 0.6) is 0 Å². The maximum absolute atomic E-state index is 12.2. The van der Waals surface area contributed by atoms with Gasteiger partial charge in [0.25, 0.3) is 0 Å². The summed E-state index contributed by atoms with van der Waals surface area (Å²) in [4.78, 5) is 24.4. The van der Waals surface area contributed by atoms with Crippen LogP contribution in [-0.2, 0) is 20.7 Å². The minimum Gasteiger partial charge on any atom is -0.464 e. The Kier molecular flexibility index (Phi) is 7.70. The van der Waals surface area contributed by atoms with E-state index in [1.54, 1.807) is 31.2 Å². The van der Waals surface area contributed by atoms with Gasteiger partial charge in [-0.2, -0.15) is 0 Å². The average molecular weight is 392 g/mol. The SMILES string of the molecule is CCOC(=O)[C@@H](Cc1ccccc1)NC(=O)/C=C/c1ccc(Cl)cc1Cl. The van der Waals surface area contributed by atoms with Gasteiger partial charge in [-0.3, -0.25) is 4.79 Å². The lowest BCUT2D eigenvalue weighted by atomic mass is 10.1. The second-order valence-corrected chi connectivity index (χ2v) is 6.35. The van der Waals surface area contributed by atoms with Crippen LogP contribution in [0.1, 0.15) is 18.1 Å². The van der Waals surface area contributed by atoms with E-state index in [0.717, 1.165) is 5.56 Å². The lowest BCUT2D eigenvalue weighted by Gasteiger charge is -2.16. The van der Waals surface area contributed by atoms with Crippen LogP contribution in [0.2, 0.25) is 10.0 Å². The summed E-state index contributed by atoms with van der Waals surface area (Å²) in [5.41, 5.74) is 1.58. The first kappa shape index (κ1) is 20.0. The standard InChI is InChI=1S/C20H19Cl2NO3/c1-2-26-20(25)18(12-14-6-4-3-5-7-14)23-19(24)11-9-15-8-10-16(21)13-17(15)22/h3-11,13,18H,2,12H2,1H3,(H,23,24)/b11-9+/t18-/m1/s1. The molecule has 0 heterocycles. The summed E-state index contributed by atoms with van der Waals surface area (Å²) in [5, 5.41) is 3.64. The third-order valence-electron chi connectivity index (χ3n) is 3.55. The number of nitrogens with one attached hydrogen (secondary N) is 1. The predicted molar refractivity (Wildman–Crippen MR) is 104 cm³/mol. The van der Waals surface area contributed by atoms with Crippen LogP contribution in [0, 0.1) is 0 Å². The number of hydrogen-bond acceptors (Lipinski definition) is 3. The van der Waals surface area contributed by atoms with E-state index in [-0.39, 0.29) is 6.61 Å². The molecule has 136 valence electrons. The van der Waals surface area contributed by atoms with Crippen LogP contribution in [0.25, 0.3) is 6.08 Å². The van der Waals surface area contributed by atoms with Crippen molar-refractivity contribution in [3.05, 3.63) is 75.8 Å². The number of benzene rings is 2. The molecule has 1 atom stereocenters. The van der Waals surface area contributed by atoms with E-state index in [2.05, 4.69) is 5.32 Å².